The van der Waals surface area contributed by atoms with Gasteiger partial charge in [0.15, 0.2) is 5.78 Å². The van der Waals surface area contributed by atoms with Crippen molar-refractivity contribution in [2.45, 2.75) is 70.1 Å². The Labute approximate surface area is 220 Å². The van der Waals surface area contributed by atoms with Gasteiger partial charge in [0, 0.05) is 18.8 Å². The molecule has 198 valence electrons. The fourth-order valence-electron chi connectivity index (χ4n) is 5.62. The first kappa shape index (κ1) is 27.1. The zero-order valence-corrected chi connectivity index (χ0v) is 21.8. The van der Waals surface area contributed by atoms with E-state index in [-0.39, 0.29) is 24.5 Å². The molecule has 2 aliphatic rings. The summed E-state index contributed by atoms with van der Waals surface area (Å²) >= 11 is 0. The van der Waals surface area contributed by atoms with Crippen LogP contribution in [0.5, 0.6) is 5.75 Å². The number of rotatable bonds is 12. The van der Waals surface area contributed by atoms with E-state index in [9.17, 15) is 9.59 Å². The van der Waals surface area contributed by atoms with Gasteiger partial charge in [0.2, 0.25) is 0 Å². The molecule has 0 aromatic heterocycles. The van der Waals surface area contributed by atoms with Gasteiger partial charge in [-0.2, -0.15) is 0 Å². The second-order valence-electron chi connectivity index (χ2n) is 10.1. The number of aliphatic carboxylic acids is 1. The first-order chi connectivity index (χ1) is 18.0. The summed E-state index contributed by atoms with van der Waals surface area (Å²) in [7, 11) is 1.67. The van der Waals surface area contributed by atoms with Gasteiger partial charge in [0.25, 0.3) is 0 Å². The Hall–Kier alpha value is -2.96. The summed E-state index contributed by atoms with van der Waals surface area (Å²) in [6, 6.07) is 16.4. The number of carbonyl (C=O) groups excluding carboxylic acids is 1. The lowest BCUT2D eigenvalue weighted by atomic mass is 9.92. The van der Waals surface area contributed by atoms with Crippen LogP contribution in [0.1, 0.15) is 56.9 Å². The summed E-state index contributed by atoms with van der Waals surface area (Å²) in [6.07, 6.45) is 10.3. The van der Waals surface area contributed by atoms with Crippen LogP contribution < -0.4 is 4.74 Å². The number of Topliss-reactive ketones (excluding diaryl/α,β-unsaturated/α-hetero) is 1. The number of allylic oxidation sites excluding steroid dienone is 2. The number of carboxylic acid groups (broad SMARTS) is 1. The number of nitrogens with zero attached hydrogens (tertiary/aromatic N) is 1. The minimum atomic E-state index is -0.776. The smallest absolute Gasteiger partial charge is 0.303 e. The lowest BCUT2D eigenvalue weighted by molar-refractivity contribution is -0.136. The lowest BCUT2D eigenvalue weighted by Crippen LogP contribution is -2.46. The van der Waals surface area contributed by atoms with Crippen molar-refractivity contribution in [1.29, 1.82) is 0 Å². The summed E-state index contributed by atoms with van der Waals surface area (Å²) in [6.45, 7) is 2.46. The van der Waals surface area contributed by atoms with Crippen molar-refractivity contribution in [1.82, 2.24) is 4.90 Å². The topological polar surface area (TPSA) is 76.1 Å². The largest absolute Gasteiger partial charge is 0.497 e. The number of carbonyl (C=O) groups is 2. The van der Waals surface area contributed by atoms with E-state index in [0.717, 1.165) is 61.2 Å². The van der Waals surface area contributed by atoms with Crippen molar-refractivity contribution in [2.75, 3.05) is 20.2 Å². The molecule has 0 bridgehead atoms. The molecule has 1 aliphatic carbocycles. The van der Waals surface area contributed by atoms with Crippen LogP contribution in [0.2, 0.25) is 0 Å². The molecule has 0 radical (unpaired) electrons. The van der Waals surface area contributed by atoms with Gasteiger partial charge in [-0.05, 0) is 74.0 Å². The summed E-state index contributed by atoms with van der Waals surface area (Å²) < 4.78 is 11.7. The normalized spacial score (nSPS) is 22.5. The lowest BCUT2D eigenvalue weighted by Gasteiger charge is -2.35. The molecule has 2 aromatic rings. The SMILES string of the molecule is COc1ccc(-c2ccc(COC3CC(=O)C(N4CCCCC4)C3CCC=CCCC(=O)O)cc2)cc1. The summed E-state index contributed by atoms with van der Waals surface area (Å²) in [4.78, 5) is 26.3. The van der Waals surface area contributed by atoms with Crippen LogP contribution in [0.25, 0.3) is 11.1 Å². The zero-order chi connectivity index (χ0) is 26.0. The molecule has 6 heteroatoms. The molecule has 1 saturated heterocycles. The zero-order valence-electron chi connectivity index (χ0n) is 21.8. The molecule has 0 amide bonds. The Morgan fingerprint density at radius 3 is 2.27 bits per heavy atom. The number of ketones is 1. The summed E-state index contributed by atoms with van der Waals surface area (Å²) in [5, 5.41) is 8.83. The Morgan fingerprint density at radius 1 is 0.973 bits per heavy atom. The summed E-state index contributed by atoms with van der Waals surface area (Å²) in [5.41, 5.74) is 3.37. The number of ether oxygens (including phenoxy) is 2. The fourth-order valence-corrected chi connectivity index (χ4v) is 5.62. The van der Waals surface area contributed by atoms with Crippen LogP contribution >= 0.6 is 0 Å². The van der Waals surface area contributed by atoms with Crippen LogP contribution in [0, 0.1) is 5.92 Å². The Bertz CT molecular complexity index is 1040. The molecule has 1 N–H and O–H groups in total. The molecule has 37 heavy (non-hydrogen) atoms. The molecule has 4 rings (SSSR count). The van der Waals surface area contributed by atoms with Gasteiger partial charge in [0.1, 0.15) is 5.75 Å². The van der Waals surface area contributed by atoms with Crippen molar-refractivity contribution in [3.05, 3.63) is 66.2 Å². The Morgan fingerprint density at radius 2 is 1.62 bits per heavy atom. The molecule has 3 atom stereocenters. The number of hydrogen-bond donors (Lipinski definition) is 1. The van der Waals surface area contributed by atoms with E-state index in [1.807, 2.05) is 18.2 Å². The third kappa shape index (κ3) is 7.53. The van der Waals surface area contributed by atoms with E-state index in [0.29, 0.717) is 25.2 Å². The molecule has 2 aromatic carbocycles. The van der Waals surface area contributed by atoms with Gasteiger partial charge in [0.05, 0.1) is 25.9 Å². The van der Waals surface area contributed by atoms with E-state index in [1.165, 1.54) is 6.42 Å². The minimum Gasteiger partial charge on any atom is -0.497 e. The number of likely N-dealkylation sites (tertiary alicyclic amines) is 1. The Kier molecular flexibility index (Phi) is 9.92. The van der Waals surface area contributed by atoms with Crippen LogP contribution in [0.4, 0.5) is 0 Å². The molecule has 1 heterocycles. The third-order valence-electron chi connectivity index (χ3n) is 7.60. The van der Waals surface area contributed by atoms with E-state index in [4.69, 9.17) is 14.6 Å². The van der Waals surface area contributed by atoms with E-state index in [2.05, 4.69) is 47.4 Å². The average molecular weight is 506 g/mol. The minimum absolute atomic E-state index is 0.0600. The second kappa shape index (κ2) is 13.5. The summed E-state index contributed by atoms with van der Waals surface area (Å²) in [5.74, 6) is 0.532. The van der Waals surface area contributed by atoms with Crippen molar-refractivity contribution in [2.24, 2.45) is 5.92 Å². The highest BCUT2D eigenvalue weighted by molar-refractivity contribution is 5.87. The van der Waals surface area contributed by atoms with Gasteiger partial charge in [-0.1, -0.05) is 55.0 Å². The molecule has 6 nitrogen and oxygen atoms in total. The van der Waals surface area contributed by atoms with Gasteiger partial charge in [-0.15, -0.1) is 0 Å². The van der Waals surface area contributed by atoms with Gasteiger partial charge < -0.3 is 14.6 Å². The molecule has 1 saturated carbocycles. The maximum atomic E-state index is 13.1. The van der Waals surface area contributed by atoms with Crippen LogP contribution in [-0.4, -0.2) is 54.1 Å². The molecule has 0 spiro atoms. The van der Waals surface area contributed by atoms with Crippen LogP contribution in [0.3, 0.4) is 0 Å². The van der Waals surface area contributed by atoms with Crippen molar-refractivity contribution < 1.29 is 24.2 Å². The van der Waals surface area contributed by atoms with Crippen LogP contribution in [-0.2, 0) is 20.9 Å². The third-order valence-corrected chi connectivity index (χ3v) is 7.60. The fraction of sp³-hybridized carbons (Fsp3) is 0.484. The number of piperidine rings is 1. The molecule has 1 aliphatic heterocycles. The van der Waals surface area contributed by atoms with E-state index < -0.39 is 5.97 Å². The quantitative estimate of drug-likeness (QED) is 0.363. The number of benzene rings is 2. The predicted octanol–water partition coefficient (Wildman–Crippen LogP) is 5.89. The van der Waals surface area contributed by atoms with Gasteiger partial charge >= 0.3 is 5.97 Å². The number of methoxy groups -OCH3 is 1. The highest BCUT2D eigenvalue weighted by atomic mass is 16.5. The predicted molar refractivity (Wildman–Crippen MR) is 145 cm³/mol. The molecular formula is C31H39NO5. The number of carboxylic acids is 1. The Balaban J connectivity index is 1.38. The first-order valence-corrected chi connectivity index (χ1v) is 13.5. The molecular weight excluding hydrogens is 466 g/mol. The maximum absolute atomic E-state index is 13.1. The molecule has 2 fully saturated rings. The first-order valence-electron chi connectivity index (χ1n) is 13.5. The molecule has 3 unspecified atom stereocenters. The van der Waals surface area contributed by atoms with E-state index in [1.54, 1.807) is 7.11 Å². The average Bonchev–Trinajstić information content (AvgIpc) is 3.24. The maximum Gasteiger partial charge on any atom is 0.303 e. The standard InChI is InChI=1S/C31H39NO5/c1-36-26-17-15-25(16-18-26)24-13-11-23(12-14-24)22-37-29-21-28(33)31(32-19-7-4-8-20-32)27(29)9-5-2-3-6-10-30(34)35/h2-3,11-18,27,29,31H,4-10,19-22H2,1H3,(H,34,35). The van der Waals surface area contributed by atoms with E-state index >= 15 is 0 Å². The monoisotopic (exact) mass is 505 g/mol. The van der Waals surface area contributed by atoms with Gasteiger partial charge in [-0.25, -0.2) is 0 Å². The van der Waals surface area contributed by atoms with Crippen molar-refractivity contribution in [3.63, 3.8) is 0 Å². The van der Waals surface area contributed by atoms with Crippen molar-refractivity contribution in [3.8, 4) is 16.9 Å². The van der Waals surface area contributed by atoms with Crippen LogP contribution in [0.15, 0.2) is 60.7 Å². The highest BCUT2D eigenvalue weighted by Gasteiger charge is 2.45. The van der Waals surface area contributed by atoms with Gasteiger partial charge in [-0.3, -0.25) is 14.5 Å². The van der Waals surface area contributed by atoms with Crippen molar-refractivity contribution >= 4 is 11.8 Å². The second-order valence-corrected chi connectivity index (χ2v) is 10.1. The highest BCUT2D eigenvalue weighted by Crippen LogP contribution is 2.35. The number of hydrogen-bond acceptors (Lipinski definition) is 5.